The molecule has 0 bridgehead atoms. The minimum atomic E-state index is -3.27. The molecular weight excluding hydrogens is 302 g/mol. The zero-order valence-corrected chi connectivity index (χ0v) is 12.7. The molecule has 0 spiro atoms. The molecule has 0 heterocycles. The molecule has 17 heavy (non-hydrogen) atoms. The summed E-state index contributed by atoms with van der Waals surface area (Å²) in [6.07, 6.45) is 0.632. The van der Waals surface area contributed by atoms with Crippen molar-refractivity contribution in [2.75, 3.05) is 10.5 Å². The van der Waals surface area contributed by atoms with E-state index < -0.39 is 10.0 Å². The first-order chi connectivity index (χ1) is 7.70. The van der Waals surface area contributed by atoms with Gasteiger partial charge in [0.1, 0.15) is 0 Å². The molecule has 1 rings (SSSR count). The van der Waals surface area contributed by atoms with Gasteiger partial charge in [-0.05, 0) is 39.9 Å². The van der Waals surface area contributed by atoms with Crippen LogP contribution in [0.3, 0.4) is 0 Å². The van der Waals surface area contributed by atoms with Crippen LogP contribution in [0, 0.1) is 5.41 Å². The highest BCUT2D eigenvalue weighted by Gasteiger charge is 2.17. The topological polar surface area (TPSA) is 46.2 Å². The summed E-state index contributed by atoms with van der Waals surface area (Å²) in [6.45, 7) is 6.09. The predicted octanol–water partition coefficient (Wildman–Crippen LogP) is 3.63. The molecule has 0 radical (unpaired) electrons. The molecule has 0 fully saturated rings. The molecule has 0 unspecified atom stereocenters. The number of benzene rings is 1. The molecule has 0 atom stereocenters. The fourth-order valence-corrected chi connectivity index (χ4v) is 3.21. The van der Waals surface area contributed by atoms with Crippen molar-refractivity contribution in [3.05, 3.63) is 28.7 Å². The fraction of sp³-hybridized carbons (Fsp3) is 0.500. The zero-order valence-electron chi connectivity index (χ0n) is 10.3. The Hall–Kier alpha value is -0.550. The summed E-state index contributed by atoms with van der Waals surface area (Å²) < 4.78 is 27.1. The van der Waals surface area contributed by atoms with Crippen molar-refractivity contribution >= 4 is 31.6 Å². The van der Waals surface area contributed by atoms with Gasteiger partial charge in [-0.1, -0.05) is 32.9 Å². The van der Waals surface area contributed by atoms with Gasteiger partial charge in [0.05, 0.1) is 11.4 Å². The predicted molar refractivity (Wildman–Crippen MR) is 75.6 cm³/mol. The van der Waals surface area contributed by atoms with Gasteiger partial charge in [-0.3, -0.25) is 4.72 Å². The number of halogens is 1. The van der Waals surface area contributed by atoms with Crippen LogP contribution in [0.1, 0.15) is 27.2 Å². The van der Waals surface area contributed by atoms with Crippen molar-refractivity contribution in [2.45, 2.75) is 27.2 Å². The third kappa shape index (κ3) is 5.55. The van der Waals surface area contributed by atoms with E-state index in [9.17, 15) is 8.42 Å². The van der Waals surface area contributed by atoms with Crippen molar-refractivity contribution in [1.82, 2.24) is 0 Å². The normalized spacial score (nSPS) is 12.5. The lowest BCUT2D eigenvalue weighted by molar-refractivity contribution is 0.397. The lowest BCUT2D eigenvalue weighted by Gasteiger charge is -2.18. The van der Waals surface area contributed by atoms with Gasteiger partial charge >= 0.3 is 0 Å². The maximum absolute atomic E-state index is 11.9. The average molecular weight is 320 g/mol. The van der Waals surface area contributed by atoms with Crippen LogP contribution in [0.2, 0.25) is 0 Å². The second kappa shape index (κ2) is 5.40. The van der Waals surface area contributed by atoms with Crippen LogP contribution in [-0.2, 0) is 10.0 Å². The van der Waals surface area contributed by atoms with Crippen molar-refractivity contribution < 1.29 is 8.42 Å². The number of sulfonamides is 1. The highest BCUT2D eigenvalue weighted by atomic mass is 79.9. The van der Waals surface area contributed by atoms with Gasteiger partial charge < -0.3 is 0 Å². The summed E-state index contributed by atoms with van der Waals surface area (Å²) in [4.78, 5) is 0. The Morgan fingerprint density at radius 1 is 1.24 bits per heavy atom. The van der Waals surface area contributed by atoms with E-state index in [1.165, 1.54) is 0 Å². The first-order valence-corrected chi connectivity index (χ1v) is 7.89. The van der Waals surface area contributed by atoms with E-state index in [4.69, 9.17) is 0 Å². The number of hydrogen-bond donors (Lipinski definition) is 1. The molecule has 1 aromatic carbocycles. The Morgan fingerprint density at radius 2 is 1.82 bits per heavy atom. The number of para-hydroxylation sites is 1. The van der Waals surface area contributed by atoms with Crippen molar-refractivity contribution in [3.8, 4) is 0 Å². The van der Waals surface area contributed by atoms with E-state index in [0.29, 0.717) is 12.1 Å². The third-order valence-electron chi connectivity index (χ3n) is 2.26. The standard InChI is InChI=1S/C12H18BrNO2S/c1-12(2,3)8-9-17(15,16)14-11-7-5-4-6-10(11)13/h4-7,14H,8-9H2,1-3H3. The Labute approximate surface area is 112 Å². The summed E-state index contributed by atoms with van der Waals surface area (Å²) in [5.41, 5.74) is 0.601. The molecule has 3 nitrogen and oxygen atoms in total. The van der Waals surface area contributed by atoms with Gasteiger partial charge in [-0.15, -0.1) is 0 Å². The van der Waals surface area contributed by atoms with Crippen LogP contribution in [0.5, 0.6) is 0 Å². The van der Waals surface area contributed by atoms with Crippen LogP contribution in [0.4, 0.5) is 5.69 Å². The maximum atomic E-state index is 11.9. The first kappa shape index (κ1) is 14.5. The van der Waals surface area contributed by atoms with E-state index in [0.717, 1.165) is 4.47 Å². The van der Waals surface area contributed by atoms with Crippen LogP contribution in [-0.4, -0.2) is 14.2 Å². The van der Waals surface area contributed by atoms with Gasteiger partial charge in [0.25, 0.3) is 0 Å². The fourth-order valence-electron chi connectivity index (χ4n) is 1.20. The van der Waals surface area contributed by atoms with Gasteiger partial charge in [-0.2, -0.15) is 0 Å². The highest BCUT2D eigenvalue weighted by Crippen LogP contribution is 2.24. The Morgan fingerprint density at radius 3 is 2.35 bits per heavy atom. The molecule has 96 valence electrons. The lowest BCUT2D eigenvalue weighted by atomic mass is 9.94. The van der Waals surface area contributed by atoms with Gasteiger partial charge in [0.15, 0.2) is 0 Å². The number of nitrogens with one attached hydrogen (secondary N) is 1. The minimum Gasteiger partial charge on any atom is -0.282 e. The quantitative estimate of drug-likeness (QED) is 0.921. The summed E-state index contributed by atoms with van der Waals surface area (Å²) in [7, 11) is -3.27. The molecule has 0 amide bonds. The molecule has 0 aliphatic carbocycles. The summed E-state index contributed by atoms with van der Waals surface area (Å²) >= 11 is 3.31. The number of rotatable bonds is 4. The van der Waals surface area contributed by atoms with Gasteiger partial charge in [0, 0.05) is 4.47 Å². The summed E-state index contributed by atoms with van der Waals surface area (Å²) in [5.74, 6) is 0.137. The monoisotopic (exact) mass is 319 g/mol. The number of anilines is 1. The van der Waals surface area contributed by atoms with Crippen LogP contribution >= 0.6 is 15.9 Å². The molecule has 0 aromatic heterocycles. The second-order valence-electron chi connectivity index (χ2n) is 5.21. The van der Waals surface area contributed by atoms with Crippen LogP contribution in [0.25, 0.3) is 0 Å². The van der Waals surface area contributed by atoms with Gasteiger partial charge in [-0.25, -0.2) is 8.42 Å². The van der Waals surface area contributed by atoms with E-state index in [-0.39, 0.29) is 11.2 Å². The molecule has 0 aliphatic heterocycles. The van der Waals surface area contributed by atoms with E-state index in [1.807, 2.05) is 32.9 Å². The molecule has 5 heteroatoms. The molecule has 0 saturated heterocycles. The highest BCUT2D eigenvalue weighted by molar-refractivity contribution is 9.10. The molecule has 0 saturated carbocycles. The second-order valence-corrected chi connectivity index (χ2v) is 7.91. The van der Waals surface area contributed by atoms with E-state index in [1.54, 1.807) is 12.1 Å². The number of hydrogen-bond acceptors (Lipinski definition) is 2. The first-order valence-electron chi connectivity index (χ1n) is 5.45. The third-order valence-corrected chi connectivity index (χ3v) is 4.22. The lowest BCUT2D eigenvalue weighted by Crippen LogP contribution is -2.21. The van der Waals surface area contributed by atoms with Gasteiger partial charge in [0.2, 0.25) is 10.0 Å². The maximum Gasteiger partial charge on any atom is 0.232 e. The van der Waals surface area contributed by atoms with Crippen molar-refractivity contribution in [1.29, 1.82) is 0 Å². The van der Waals surface area contributed by atoms with Crippen molar-refractivity contribution in [3.63, 3.8) is 0 Å². The van der Waals surface area contributed by atoms with E-state index >= 15 is 0 Å². The Balaban J connectivity index is 2.71. The largest absolute Gasteiger partial charge is 0.282 e. The average Bonchev–Trinajstić information content (AvgIpc) is 2.18. The minimum absolute atomic E-state index is 0.0165. The van der Waals surface area contributed by atoms with E-state index in [2.05, 4.69) is 20.7 Å². The molecule has 1 aromatic rings. The Kier molecular flexibility index (Phi) is 4.61. The zero-order chi connectivity index (χ0) is 13.1. The van der Waals surface area contributed by atoms with Crippen molar-refractivity contribution in [2.24, 2.45) is 5.41 Å². The smallest absolute Gasteiger partial charge is 0.232 e. The SMILES string of the molecule is CC(C)(C)CCS(=O)(=O)Nc1ccccc1Br. The summed E-state index contributed by atoms with van der Waals surface area (Å²) in [5, 5.41) is 0. The molecular formula is C12H18BrNO2S. The van der Waals surface area contributed by atoms with Crippen LogP contribution < -0.4 is 4.72 Å². The molecule has 0 aliphatic rings. The van der Waals surface area contributed by atoms with Crippen LogP contribution in [0.15, 0.2) is 28.7 Å². The Bertz CT molecular complexity index is 478. The molecule has 1 N–H and O–H groups in total. The summed E-state index contributed by atoms with van der Waals surface area (Å²) in [6, 6.07) is 7.18.